The number of carboxylic acids is 2. The number of aromatic carboxylic acids is 2. The van der Waals surface area contributed by atoms with Crippen molar-refractivity contribution in [2.45, 2.75) is 52.9 Å². The standard InChI is InChI=1S/C17H24O4/c1-4-5-6-10-17(2,3)11-12-8-7-9-13(15(18)19)14(12)16(20)21/h7-9H,4-6,10-11H2,1-3H3,(H,18,19)(H,20,21). The van der Waals surface area contributed by atoms with Gasteiger partial charge in [-0.1, -0.05) is 52.2 Å². The molecule has 2 N–H and O–H groups in total. The zero-order chi connectivity index (χ0) is 16.0. The first-order valence-corrected chi connectivity index (χ1v) is 7.37. The molecule has 0 heterocycles. The minimum atomic E-state index is -1.20. The van der Waals surface area contributed by atoms with Crippen LogP contribution in [0.2, 0.25) is 0 Å². The smallest absolute Gasteiger partial charge is 0.336 e. The van der Waals surface area contributed by atoms with Gasteiger partial charge in [0.2, 0.25) is 0 Å². The monoisotopic (exact) mass is 292 g/mol. The summed E-state index contributed by atoms with van der Waals surface area (Å²) in [5.41, 5.74) is 0.345. The summed E-state index contributed by atoms with van der Waals surface area (Å²) in [4.78, 5) is 22.6. The summed E-state index contributed by atoms with van der Waals surface area (Å²) in [7, 11) is 0. The Balaban J connectivity index is 3.05. The van der Waals surface area contributed by atoms with Crippen molar-refractivity contribution in [2.24, 2.45) is 5.41 Å². The summed E-state index contributed by atoms with van der Waals surface area (Å²) in [6, 6.07) is 4.68. The molecule has 0 aliphatic carbocycles. The molecule has 0 saturated carbocycles. The molecule has 116 valence electrons. The molecule has 21 heavy (non-hydrogen) atoms. The van der Waals surface area contributed by atoms with E-state index in [1.807, 2.05) is 0 Å². The summed E-state index contributed by atoms with van der Waals surface area (Å²) in [5, 5.41) is 18.5. The highest BCUT2D eigenvalue weighted by Gasteiger charge is 2.25. The van der Waals surface area contributed by atoms with Gasteiger partial charge in [0.1, 0.15) is 0 Å². The molecule has 0 spiro atoms. The van der Waals surface area contributed by atoms with Crippen molar-refractivity contribution in [3.05, 3.63) is 34.9 Å². The van der Waals surface area contributed by atoms with Gasteiger partial charge in [0.05, 0.1) is 11.1 Å². The molecule has 1 rings (SSSR count). The van der Waals surface area contributed by atoms with Crippen LogP contribution in [0, 0.1) is 5.41 Å². The van der Waals surface area contributed by atoms with E-state index < -0.39 is 11.9 Å². The fourth-order valence-corrected chi connectivity index (χ4v) is 2.64. The number of benzene rings is 1. The van der Waals surface area contributed by atoms with Crippen LogP contribution in [0.3, 0.4) is 0 Å². The maximum Gasteiger partial charge on any atom is 0.336 e. The van der Waals surface area contributed by atoms with Gasteiger partial charge >= 0.3 is 11.9 Å². The van der Waals surface area contributed by atoms with Crippen molar-refractivity contribution in [1.82, 2.24) is 0 Å². The Labute approximate surface area is 125 Å². The maximum absolute atomic E-state index is 11.4. The fourth-order valence-electron chi connectivity index (χ4n) is 2.64. The van der Waals surface area contributed by atoms with Gasteiger partial charge in [-0.15, -0.1) is 0 Å². The van der Waals surface area contributed by atoms with E-state index in [1.165, 1.54) is 6.07 Å². The van der Waals surface area contributed by atoms with Crippen LogP contribution in [0.25, 0.3) is 0 Å². The van der Waals surface area contributed by atoms with Crippen LogP contribution < -0.4 is 0 Å². The van der Waals surface area contributed by atoms with E-state index in [0.29, 0.717) is 12.0 Å². The van der Waals surface area contributed by atoms with E-state index in [4.69, 9.17) is 5.11 Å². The van der Waals surface area contributed by atoms with Crippen LogP contribution in [0.15, 0.2) is 18.2 Å². The van der Waals surface area contributed by atoms with Crippen LogP contribution in [-0.4, -0.2) is 22.2 Å². The maximum atomic E-state index is 11.4. The first-order chi connectivity index (χ1) is 9.78. The van der Waals surface area contributed by atoms with Crippen molar-refractivity contribution in [2.75, 3.05) is 0 Å². The third-order valence-corrected chi connectivity index (χ3v) is 3.72. The van der Waals surface area contributed by atoms with E-state index >= 15 is 0 Å². The van der Waals surface area contributed by atoms with Gasteiger partial charge in [0, 0.05) is 0 Å². The second-order valence-corrected chi connectivity index (χ2v) is 6.25. The topological polar surface area (TPSA) is 74.6 Å². The molecular formula is C17H24O4. The molecule has 0 amide bonds. The van der Waals surface area contributed by atoms with E-state index in [0.717, 1.165) is 25.7 Å². The average Bonchev–Trinajstić information content (AvgIpc) is 2.37. The molecule has 0 aromatic heterocycles. The van der Waals surface area contributed by atoms with Crippen LogP contribution in [0.1, 0.15) is 72.7 Å². The van der Waals surface area contributed by atoms with E-state index in [2.05, 4.69) is 20.8 Å². The molecule has 0 aliphatic rings. The molecule has 0 atom stereocenters. The van der Waals surface area contributed by atoms with E-state index in [9.17, 15) is 14.7 Å². The van der Waals surface area contributed by atoms with Gasteiger partial charge in [-0.25, -0.2) is 9.59 Å². The molecule has 0 fully saturated rings. The van der Waals surface area contributed by atoms with Crippen molar-refractivity contribution < 1.29 is 19.8 Å². The Morgan fingerprint density at radius 3 is 2.29 bits per heavy atom. The third-order valence-electron chi connectivity index (χ3n) is 3.72. The number of carboxylic acid groups (broad SMARTS) is 2. The van der Waals surface area contributed by atoms with Crippen LogP contribution in [0.5, 0.6) is 0 Å². The zero-order valence-corrected chi connectivity index (χ0v) is 13.0. The minimum absolute atomic E-state index is 0.0451. The van der Waals surface area contributed by atoms with E-state index in [1.54, 1.807) is 12.1 Å². The SMILES string of the molecule is CCCCCC(C)(C)Cc1cccc(C(=O)O)c1C(=O)O. The molecule has 0 saturated heterocycles. The number of rotatable bonds is 8. The first-order valence-electron chi connectivity index (χ1n) is 7.37. The quantitative estimate of drug-likeness (QED) is 0.703. The van der Waals surface area contributed by atoms with E-state index in [-0.39, 0.29) is 16.5 Å². The summed E-state index contributed by atoms with van der Waals surface area (Å²) in [5.74, 6) is -2.37. The fraction of sp³-hybridized carbons (Fsp3) is 0.529. The molecule has 0 radical (unpaired) electrons. The summed E-state index contributed by atoms with van der Waals surface area (Å²) in [6.07, 6.45) is 4.97. The second-order valence-electron chi connectivity index (χ2n) is 6.25. The predicted molar refractivity (Wildman–Crippen MR) is 82.0 cm³/mol. The van der Waals surface area contributed by atoms with Gasteiger partial charge < -0.3 is 10.2 Å². The molecule has 4 heteroatoms. The number of carbonyl (C=O) groups is 2. The molecule has 1 aromatic carbocycles. The van der Waals surface area contributed by atoms with Gasteiger partial charge in [0.15, 0.2) is 0 Å². The molecule has 0 aliphatic heterocycles. The Kier molecular flexibility index (Phi) is 5.94. The lowest BCUT2D eigenvalue weighted by Gasteiger charge is -2.25. The summed E-state index contributed by atoms with van der Waals surface area (Å²) >= 11 is 0. The van der Waals surface area contributed by atoms with Crippen LogP contribution in [-0.2, 0) is 6.42 Å². The second kappa shape index (κ2) is 7.25. The third kappa shape index (κ3) is 4.88. The Morgan fingerprint density at radius 1 is 1.10 bits per heavy atom. The molecule has 0 unspecified atom stereocenters. The zero-order valence-electron chi connectivity index (χ0n) is 13.0. The Bertz CT molecular complexity index is 518. The molecule has 4 nitrogen and oxygen atoms in total. The lowest BCUT2D eigenvalue weighted by molar-refractivity contribution is 0.0650. The van der Waals surface area contributed by atoms with Gasteiger partial charge in [0.25, 0.3) is 0 Å². The van der Waals surface area contributed by atoms with Crippen molar-refractivity contribution in [3.8, 4) is 0 Å². The largest absolute Gasteiger partial charge is 0.478 e. The van der Waals surface area contributed by atoms with Crippen molar-refractivity contribution in [1.29, 1.82) is 0 Å². The number of hydrogen-bond donors (Lipinski definition) is 2. The lowest BCUT2D eigenvalue weighted by atomic mass is 9.79. The Morgan fingerprint density at radius 2 is 1.76 bits per heavy atom. The van der Waals surface area contributed by atoms with Gasteiger partial charge in [-0.3, -0.25) is 0 Å². The first kappa shape index (κ1) is 17.2. The van der Waals surface area contributed by atoms with Crippen LogP contribution in [0.4, 0.5) is 0 Å². The highest BCUT2D eigenvalue weighted by atomic mass is 16.4. The minimum Gasteiger partial charge on any atom is -0.478 e. The highest BCUT2D eigenvalue weighted by Crippen LogP contribution is 2.30. The number of hydrogen-bond acceptors (Lipinski definition) is 2. The predicted octanol–water partition coefficient (Wildman–Crippen LogP) is 4.23. The van der Waals surface area contributed by atoms with Crippen molar-refractivity contribution >= 4 is 11.9 Å². The normalized spacial score (nSPS) is 11.4. The summed E-state index contributed by atoms with van der Waals surface area (Å²) < 4.78 is 0. The van der Waals surface area contributed by atoms with Gasteiger partial charge in [-0.05, 0) is 29.9 Å². The van der Waals surface area contributed by atoms with Crippen molar-refractivity contribution in [3.63, 3.8) is 0 Å². The molecular weight excluding hydrogens is 268 g/mol. The highest BCUT2D eigenvalue weighted by molar-refractivity contribution is 6.02. The molecule has 0 bridgehead atoms. The number of unbranched alkanes of at least 4 members (excludes halogenated alkanes) is 2. The molecule has 1 aromatic rings. The summed E-state index contributed by atoms with van der Waals surface area (Å²) in [6.45, 7) is 6.34. The Hall–Kier alpha value is -1.84. The van der Waals surface area contributed by atoms with Crippen LogP contribution >= 0.6 is 0 Å². The van der Waals surface area contributed by atoms with Gasteiger partial charge in [-0.2, -0.15) is 0 Å². The lowest BCUT2D eigenvalue weighted by Crippen LogP contribution is -2.19. The average molecular weight is 292 g/mol.